The smallest absolute Gasteiger partial charge is 0.291 e. The Morgan fingerprint density at radius 2 is 1.60 bits per heavy atom. The predicted octanol–water partition coefficient (Wildman–Crippen LogP) is 4.29. The first kappa shape index (κ1) is 18.6. The number of halogens is 4. The third-order valence-corrected chi connectivity index (χ3v) is 3.67. The van der Waals surface area contributed by atoms with Gasteiger partial charge in [0, 0.05) is 10.5 Å². The summed E-state index contributed by atoms with van der Waals surface area (Å²) >= 11 is 0. The third kappa shape index (κ3) is 4.62. The highest BCUT2D eigenvalue weighted by Crippen LogP contribution is 2.32. The Morgan fingerprint density at radius 1 is 1.04 bits per heavy atom. The normalized spacial score (nSPS) is 13.9. The summed E-state index contributed by atoms with van der Waals surface area (Å²) in [5.41, 5.74) is -0.961. The molecule has 0 aliphatic heterocycles. The number of alkyl halides is 4. The Hall–Kier alpha value is -2.77. The minimum absolute atomic E-state index is 0.0373. The molecule has 0 aromatic heterocycles. The molecule has 0 unspecified atom stereocenters. The van der Waals surface area contributed by atoms with E-state index in [9.17, 15) is 32.5 Å². The maximum atomic E-state index is 14.7. The lowest BCUT2D eigenvalue weighted by atomic mass is 9.89. The van der Waals surface area contributed by atoms with Crippen molar-refractivity contribution in [3.05, 3.63) is 81.4 Å². The molecular weight excluding hydrogens is 342 g/mol. The number of nitrogens with zero attached hydrogens (tertiary/aromatic N) is 1. The first-order valence-electron chi connectivity index (χ1n) is 7.22. The molecular formula is C17H13F4NO3. The Kier molecular flexibility index (Phi) is 5.51. The monoisotopic (exact) mass is 355 g/mol. The fourth-order valence-electron chi connectivity index (χ4n) is 2.39. The van der Waals surface area contributed by atoms with Crippen molar-refractivity contribution in [2.45, 2.75) is 18.3 Å². The maximum Gasteiger partial charge on any atom is 0.416 e. The largest absolute Gasteiger partial charge is 0.416 e. The highest BCUT2D eigenvalue weighted by Gasteiger charge is 2.35. The lowest BCUT2D eigenvalue weighted by Crippen LogP contribution is -2.29. The van der Waals surface area contributed by atoms with Gasteiger partial charge in [0.25, 0.3) is 0 Å². The molecule has 0 aliphatic rings. The standard InChI is InChI=1S/C17H13F4NO3/c18-15(16(23)12-4-2-1-3-5-12)14(10-22(24)25)11-6-8-13(9-7-11)17(19,20)21/h1-9,14-15H,10H2/t14-,15-/m0/s1. The Morgan fingerprint density at radius 3 is 2.08 bits per heavy atom. The molecule has 0 fully saturated rings. The van der Waals surface area contributed by atoms with Crippen LogP contribution in [0.2, 0.25) is 0 Å². The van der Waals surface area contributed by atoms with Gasteiger partial charge in [-0.1, -0.05) is 42.5 Å². The summed E-state index contributed by atoms with van der Waals surface area (Å²) in [4.78, 5) is 22.2. The Labute approximate surface area is 140 Å². The lowest BCUT2D eigenvalue weighted by Gasteiger charge is -2.18. The van der Waals surface area contributed by atoms with E-state index in [2.05, 4.69) is 0 Å². The highest BCUT2D eigenvalue weighted by atomic mass is 19.4. The molecule has 132 valence electrons. The minimum Gasteiger partial charge on any atom is -0.291 e. The number of nitro groups is 1. The van der Waals surface area contributed by atoms with E-state index in [1.165, 1.54) is 24.3 Å². The van der Waals surface area contributed by atoms with Crippen LogP contribution in [0.3, 0.4) is 0 Å². The molecule has 0 saturated carbocycles. The zero-order valence-electron chi connectivity index (χ0n) is 12.7. The molecule has 0 bridgehead atoms. The van der Waals surface area contributed by atoms with Crippen molar-refractivity contribution in [1.29, 1.82) is 0 Å². The van der Waals surface area contributed by atoms with Gasteiger partial charge in [-0.25, -0.2) is 4.39 Å². The molecule has 0 amide bonds. The van der Waals surface area contributed by atoms with Gasteiger partial charge in [0.2, 0.25) is 6.54 Å². The Bertz CT molecular complexity index is 745. The third-order valence-electron chi connectivity index (χ3n) is 3.67. The number of rotatable bonds is 6. The van der Waals surface area contributed by atoms with Crippen LogP contribution in [0.4, 0.5) is 17.6 Å². The van der Waals surface area contributed by atoms with Gasteiger partial charge in [-0.15, -0.1) is 0 Å². The van der Waals surface area contributed by atoms with E-state index in [0.717, 1.165) is 12.1 Å². The molecule has 0 spiro atoms. The fraction of sp³-hybridized carbons (Fsp3) is 0.235. The molecule has 0 radical (unpaired) electrons. The molecule has 8 heteroatoms. The van der Waals surface area contributed by atoms with Crippen molar-refractivity contribution >= 4 is 5.78 Å². The van der Waals surface area contributed by atoms with E-state index in [4.69, 9.17) is 0 Å². The number of ketones is 1. The summed E-state index contributed by atoms with van der Waals surface area (Å²) in [6.45, 7) is -0.912. The maximum absolute atomic E-state index is 14.7. The lowest BCUT2D eigenvalue weighted by molar-refractivity contribution is -0.484. The number of carbonyl (C=O) groups excluding carboxylic acids is 1. The zero-order chi connectivity index (χ0) is 18.6. The zero-order valence-corrected chi connectivity index (χ0v) is 12.7. The fourth-order valence-corrected chi connectivity index (χ4v) is 2.39. The summed E-state index contributed by atoms with van der Waals surface area (Å²) in [5.74, 6) is -2.43. The van der Waals surface area contributed by atoms with Crippen LogP contribution in [-0.2, 0) is 6.18 Å². The molecule has 2 atom stereocenters. The molecule has 25 heavy (non-hydrogen) atoms. The molecule has 4 nitrogen and oxygen atoms in total. The van der Waals surface area contributed by atoms with Crippen molar-refractivity contribution in [2.24, 2.45) is 0 Å². The number of benzene rings is 2. The summed E-state index contributed by atoms with van der Waals surface area (Å²) in [6.07, 6.45) is -6.82. The number of Topliss-reactive ketones (excluding diaryl/α,β-unsaturated/α-hetero) is 1. The van der Waals surface area contributed by atoms with Gasteiger partial charge in [-0.05, 0) is 17.7 Å². The van der Waals surface area contributed by atoms with Gasteiger partial charge in [0.15, 0.2) is 12.0 Å². The van der Waals surface area contributed by atoms with Crippen molar-refractivity contribution in [3.63, 3.8) is 0 Å². The van der Waals surface area contributed by atoms with Gasteiger partial charge >= 0.3 is 6.18 Å². The van der Waals surface area contributed by atoms with Crippen molar-refractivity contribution in [2.75, 3.05) is 6.54 Å². The van der Waals surface area contributed by atoms with Crippen LogP contribution in [0.15, 0.2) is 54.6 Å². The summed E-state index contributed by atoms with van der Waals surface area (Å²) in [5, 5.41) is 10.8. The van der Waals surface area contributed by atoms with Crippen LogP contribution >= 0.6 is 0 Å². The molecule has 2 aromatic rings. The molecule has 0 saturated heterocycles. The summed E-state index contributed by atoms with van der Waals surface area (Å²) in [6, 6.07) is 10.7. The highest BCUT2D eigenvalue weighted by molar-refractivity contribution is 6.00. The van der Waals surface area contributed by atoms with Crippen molar-refractivity contribution in [1.82, 2.24) is 0 Å². The van der Waals surface area contributed by atoms with Crippen LogP contribution < -0.4 is 0 Å². The minimum atomic E-state index is -4.58. The van der Waals surface area contributed by atoms with E-state index in [0.29, 0.717) is 12.1 Å². The van der Waals surface area contributed by atoms with Crippen molar-refractivity contribution in [3.8, 4) is 0 Å². The summed E-state index contributed by atoms with van der Waals surface area (Å²) in [7, 11) is 0. The average molecular weight is 355 g/mol. The second kappa shape index (κ2) is 7.42. The molecule has 2 rings (SSSR count). The van der Waals surface area contributed by atoms with Gasteiger partial charge in [0.05, 0.1) is 11.5 Å². The van der Waals surface area contributed by atoms with Crippen molar-refractivity contribution < 1.29 is 27.3 Å². The van der Waals surface area contributed by atoms with Crippen LogP contribution in [0, 0.1) is 10.1 Å². The van der Waals surface area contributed by atoms with E-state index < -0.39 is 41.1 Å². The van der Waals surface area contributed by atoms with Crippen LogP contribution in [0.1, 0.15) is 27.4 Å². The van der Waals surface area contributed by atoms with E-state index >= 15 is 0 Å². The first-order valence-corrected chi connectivity index (χ1v) is 7.22. The molecule has 2 aromatic carbocycles. The molecule has 0 N–H and O–H groups in total. The van der Waals surface area contributed by atoms with E-state index in [1.54, 1.807) is 6.07 Å². The van der Waals surface area contributed by atoms with E-state index in [-0.39, 0.29) is 11.1 Å². The van der Waals surface area contributed by atoms with Crippen LogP contribution in [0.25, 0.3) is 0 Å². The van der Waals surface area contributed by atoms with Crippen LogP contribution in [0.5, 0.6) is 0 Å². The SMILES string of the molecule is O=C(c1ccccc1)[C@@H](F)[C@@H](C[N+](=O)[O-])c1ccc(C(F)(F)F)cc1. The topological polar surface area (TPSA) is 60.2 Å². The van der Waals surface area contributed by atoms with Crippen LogP contribution in [-0.4, -0.2) is 23.4 Å². The van der Waals surface area contributed by atoms with E-state index in [1.807, 2.05) is 0 Å². The number of hydrogen-bond acceptors (Lipinski definition) is 3. The number of hydrogen-bond donors (Lipinski definition) is 0. The molecule has 0 heterocycles. The van der Waals surface area contributed by atoms with Gasteiger partial charge in [0.1, 0.15) is 0 Å². The quantitative estimate of drug-likeness (QED) is 0.336. The first-order chi connectivity index (χ1) is 11.7. The predicted molar refractivity (Wildman–Crippen MR) is 81.7 cm³/mol. The summed E-state index contributed by atoms with van der Waals surface area (Å²) < 4.78 is 52.5. The van der Waals surface area contributed by atoms with Gasteiger partial charge < -0.3 is 0 Å². The van der Waals surface area contributed by atoms with Gasteiger partial charge in [-0.3, -0.25) is 14.9 Å². The second-order valence-corrected chi connectivity index (χ2v) is 5.37. The Balaban J connectivity index is 2.32. The average Bonchev–Trinajstić information content (AvgIpc) is 2.58. The second-order valence-electron chi connectivity index (χ2n) is 5.37. The van der Waals surface area contributed by atoms with Gasteiger partial charge in [-0.2, -0.15) is 13.2 Å². The number of carbonyl (C=O) groups is 1. The molecule has 0 aliphatic carbocycles.